The van der Waals surface area contributed by atoms with Crippen LogP contribution in [0.25, 0.3) is 10.9 Å². The van der Waals surface area contributed by atoms with E-state index in [2.05, 4.69) is 17.2 Å². The second-order valence-corrected chi connectivity index (χ2v) is 8.80. The van der Waals surface area contributed by atoms with Crippen molar-refractivity contribution >= 4 is 28.4 Å². The lowest BCUT2D eigenvalue weighted by atomic mass is 9.74. The Balaban J connectivity index is 1.34. The maximum absolute atomic E-state index is 13.8. The predicted octanol–water partition coefficient (Wildman–Crippen LogP) is 6.37. The number of aromatic nitrogens is 1. The van der Waals surface area contributed by atoms with E-state index in [4.69, 9.17) is 11.6 Å². The smallest absolute Gasteiger partial charge is 0.251 e. The molecule has 0 saturated heterocycles. The van der Waals surface area contributed by atoms with Crippen molar-refractivity contribution in [1.29, 1.82) is 0 Å². The number of carbonyl (C=O) groups excluding carboxylic acids is 1. The maximum atomic E-state index is 13.8. The third kappa shape index (κ3) is 4.65. The summed E-state index contributed by atoms with van der Waals surface area (Å²) in [5.74, 6) is 1.16. The maximum Gasteiger partial charge on any atom is 0.251 e. The Labute approximate surface area is 181 Å². The number of nitrogens with zero attached hydrogens (tertiary/aromatic N) is 1. The van der Waals surface area contributed by atoms with E-state index in [1.54, 1.807) is 36.4 Å². The van der Waals surface area contributed by atoms with Gasteiger partial charge in [-0.15, -0.1) is 0 Å². The Hall–Kier alpha value is -2.46. The summed E-state index contributed by atoms with van der Waals surface area (Å²) in [4.78, 5) is 16.7. The molecule has 1 aromatic heterocycles. The van der Waals surface area contributed by atoms with Gasteiger partial charge in [-0.2, -0.15) is 0 Å². The average Bonchev–Trinajstić information content (AvgIpc) is 2.77. The van der Waals surface area contributed by atoms with Crippen LogP contribution in [-0.4, -0.2) is 17.4 Å². The molecule has 5 heteroatoms. The first-order chi connectivity index (χ1) is 14.5. The van der Waals surface area contributed by atoms with Gasteiger partial charge in [0.1, 0.15) is 5.82 Å². The van der Waals surface area contributed by atoms with Crippen LogP contribution in [0, 0.1) is 17.7 Å². The van der Waals surface area contributed by atoms with E-state index in [0.29, 0.717) is 34.9 Å². The highest BCUT2D eigenvalue weighted by molar-refractivity contribution is 6.30. The Bertz CT molecular complexity index is 1030. The lowest BCUT2D eigenvalue weighted by molar-refractivity contribution is 0.0939. The lowest BCUT2D eigenvalue weighted by Gasteiger charge is -2.33. The number of nitrogens with one attached hydrogen (secondary N) is 1. The van der Waals surface area contributed by atoms with Crippen molar-refractivity contribution in [1.82, 2.24) is 10.3 Å². The van der Waals surface area contributed by atoms with Crippen molar-refractivity contribution in [3.63, 3.8) is 0 Å². The third-order valence-electron chi connectivity index (χ3n) is 6.44. The van der Waals surface area contributed by atoms with Gasteiger partial charge in [-0.3, -0.25) is 9.78 Å². The molecule has 30 heavy (non-hydrogen) atoms. The van der Waals surface area contributed by atoms with Crippen LogP contribution in [0.15, 0.2) is 54.7 Å². The molecular formula is C25H26ClFN2O. The molecule has 0 unspecified atom stereocenters. The molecule has 1 aliphatic rings. The van der Waals surface area contributed by atoms with Crippen LogP contribution < -0.4 is 5.32 Å². The van der Waals surface area contributed by atoms with E-state index in [9.17, 15) is 9.18 Å². The zero-order chi connectivity index (χ0) is 21.1. The third-order valence-corrected chi connectivity index (χ3v) is 6.70. The first-order valence-electron chi connectivity index (χ1n) is 10.6. The molecule has 3 nitrogen and oxygen atoms in total. The van der Waals surface area contributed by atoms with Gasteiger partial charge in [0, 0.05) is 28.7 Å². The monoisotopic (exact) mass is 424 g/mol. The van der Waals surface area contributed by atoms with Crippen LogP contribution in [0.5, 0.6) is 0 Å². The van der Waals surface area contributed by atoms with E-state index in [1.165, 1.54) is 11.6 Å². The fraction of sp³-hybridized carbons (Fsp3) is 0.360. The fourth-order valence-electron chi connectivity index (χ4n) is 4.62. The number of rotatable bonds is 5. The molecule has 3 aromatic rings. The van der Waals surface area contributed by atoms with Gasteiger partial charge in [-0.1, -0.05) is 18.5 Å². The van der Waals surface area contributed by atoms with E-state index in [-0.39, 0.29) is 11.7 Å². The summed E-state index contributed by atoms with van der Waals surface area (Å²) in [5.41, 5.74) is 2.70. The van der Waals surface area contributed by atoms with Gasteiger partial charge in [0.05, 0.1) is 5.52 Å². The highest BCUT2D eigenvalue weighted by Gasteiger charge is 2.27. The van der Waals surface area contributed by atoms with Gasteiger partial charge < -0.3 is 5.32 Å². The molecule has 1 N–H and O–H groups in total. The first-order valence-corrected chi connectivity index (χ1v) is 11.0. The summed E-state index contributed by atoms with van der Waals surface area (Å²) in [5, 5.41) is 4.62. The summed E-state index contributed by atoms with van der Waals surface area (Å²) >= 11 is 5.89. The Morgan fingerprint density at radius 1 is 1.13 bits per heavy atom. The molecule has 0 radical (unpaired) electrons. The lowest BCUT2D eigenvalue weighted by Crippen LogP contribution is -2.32. The largest absolute Gasteiger partial charge is 0.352 e. The van der Waals surface area contributed by atoms with Crippen molar-refractivity contribution in [2.75, 3.05) is 6.54 Å². The van der Waals surface area contributed by atoms with Crippen molar-refractivity contribution < 1.29 is 9.18 Å². The summed E-state index contributed by atoms with van der Waals surface area (Å²) in [6, 6.07) is 13.8. The number of pyridine rings is 1. The highest BCUT2D eigenvalue weighted by atomic mass is 35.5. The molecular weight excluding hydrogens is 399 g/mol. The van der Waals surface area contributed by atoms with E-state index >= 15 is 0 Å². The van der Waals surface area contributed by atoms with Crippen LogP contribution in [0.4, 0.5) is 4.39 Å². The molecule has 4 rings (SSSR count). The number of amides is 1. The summed E-state index contributed by atoms with van der Waals surface area (Å²) < 4.78 is 13.8. The summed E-state index contributed by atoms with van der Waals surface area (Å²) in [6.45, 7) is 2.88. The Morgan fingerprint density at radius 2 is 1.87 bits per heavy atom. The van der Waals surface area contributed by atoms with Crippen LogP contribution >= 0.6 is 11.6 Å². The van der Waals surface area contributed by atoms with E-state index < -0.39 is 0 Å². The number of halogens is 2. The molecule has 0 bridgehead atoms. The number of benzene rings is 2. The summed E-state index contributed by atoms with van der Waals surface area (Å²) in [6.07, 6.45) is 6.21. The minimum Gasteiger partial charge on any atom is -0.352 e. The fourth-order valence-corrected chi connectivity index (χ4v) is 4.74. The molecule has 156 valence electrons. The molecule has 1 fully saturated rings. The van der Waals surface area contributed by atoms with Crippen molar-refractivity contribution in [3.05, 3.63) is 76.7 Å². The Morgan fingerprint density at radius 3 is 2.60 bits per heavy atom. The minimum atomic E-state index is -0.213. The standard InChI is InChI=1S/C25H26ClFN2O/c1-16(15-29-25(30)19-6-8-20(26)9-7-19)17-2-4-18(5-3-17)22-12-13-28-24-11-10-21(27)14-23(22)24/h6-14,16-18H,2-5,15H2,1H3,(H,29,30)/t16-,17?,18?/m0/s1. The quantitative estimate of drug-likeness (QED) is 0.517. The normalized spacial score (nSPS) is 20.1. The van der Waals surface area contributed by atoms with Gasteiger partial charge in [-0.05, 0) is 97.5 Å². The molecule has 2 aromatic carbocycles. The topological polar surface area (TPSA) is 42.0 Å². The second-order valence-electron chi connectivity index (χ2n) is 8.37. The van der Waals surface area contributed by atoms with Gasteiger partial charge >= 0.3 is 0 Å². The number of hydrogen-bond acceptors (Lipinski definition) is 2. The molecule has 1 heterocycles. The minimum absolute atomic E-state index is 0.0579. The second kappa shape index (κ2) is 9.13. The molecule has 1 atom stereocenters. The number of hydrogen-bond donors (Lipinski definition) is 1. The Kier molecular flexibility index (Phi) is 6.33. The molecule has 1 saturated carbocycles. The summed E-state index contributed by atoms with van der Waals surface area (Å²) in [7, 11) is 0. The zero-order valence-corrected chi connectivity index (χ0v) is 17.8. The van der Waals surface area contributed by atoms with Crippen molar-refractivity contribution in [2.24, 2.45) is 11.8 Å². The van der Waals surface area contributed by atoms with Gasteiger partial charge in [-0.25, -0.2) is 4.39 Å². The van der Waals surface area contributed by atoms with Gasteiger partial charge in [0.15, 0.2) is 0 Å². The molecule has 0 spiro atoms. The van der Waals surface area contributed by atoms with Crippen molar-refractivity contribution in [3.8, 4) is 0 Å². The molecule has 1 amide bonds. The van der Waals surface area contributed by atoms with Gasteiger partial charge in [0.25, 0.3) is 5.91 Å². The van der Waals surface area contributed by atoms with Crippen LogP contribution in [-0.2, 0) is 0 Å². The van der Waals surface area contributed by atoms with Crippen LogP contribution in [0.3, 0.4) is 0 Å². The van der Waals surface area contributed by atoms with Gasteiger partial charge in [0.2, 0.25) is 0 Å². The predicted molar refractivity (Wildman–Crippen MR) is 119 cm³/mol. The number of fused-ring (bicyclic) bond motifs is 1. The van der Waals surface area contributed by atoms with Crippen LogP contribution in [0.2, 0.25) is 5.02 Å². The average molecular weight is 425 g/mol. The zero-order valence-electron chi connectivity index (χ0n) is 17.1. The number of carbonyl (C=O) groups is 1. The van der Waals surface area contributed by atoms with Crippen LogP contribution in [0.1, 0.15) is 54.4 Å². The molecule has 0 aliphatic heterocycles. The highest BCUT2D eigenvalue weighted by Crippen LogP contribution is 2.40. The van der Waals surface area contributed by atoms with E-state index in [0.717, 1.165) is 36.6 Å². The molecule has 1 aliphatic carbocycles. The SMILES string of the molecule is C[C@@H](CNC(=O)c1ccc(Cl)cc1)C1CCC(c2ccnc3ccc(F)cc23)CC1. The first kappa shape index (κ1) is 20.8. The van der Waals surface area contributed by atoms with E-state index in [1.807, 2.05) is 12.3 Å². The van der Waals surface area contributed by atoms with Crippen molar-refractivity contribution in [2.45, 2.75) is 38.5 Å².